The average Bonchev–Trinajstić information content (AvgIpc) is 2.62. The standard InChI is InChI=1S/C19H21FN2O3/c1-25-19(24)15-7-3-5-9-17(15)22-18(23)11-13-21-12-10-14-6-2-4-8-16(14)20/h2-9,21H,10-13H2,1H3,(H,22,23). The molecule has 0 heterocycles. The Morgan fingerprint density at radius 2 is 1.76 bits per heavy atom. The topological polar surface area (TPSA) is 67.4 Å². The second-order valence-electron chi connectivity index (χ2n) is 5.43. The maximum Gasteiger partial charge on any atom is 0.339 e. The largest absolute Gasteiger partial charge is 0.465 e. The summed E-state index contributed by atoms with van der Waals surface area (Å²) in [4.78, 5) is 23.7. The number of methoxy groups -OCH3 is 1. The highest BCUT2D eigenvalue weighted by atomic mass is 19.1. The van der Waals surface area contributed by atoms with E-state index in [1.54, 1.807) is 42.5 Å². The van der Waals surface area contributed by atoms with Gasteiger partial charge in [0.15, 0.2) is 0 Å². The van der Waals surface area contributed by atoms with E-state index in [2.05, 4.69) is 10.6 Å². The maximum absolute atomic E-state index is 13.5. The molecule has 0 fully saturated rings. The van der Waals surface area contributed by atoms with E-state index in [1.165, 1.54) is 13.2 Å². The Bertz CT molecular complexity index is 734. The number of carbonyl (C=O) groups excluding carboxylic acids is 2. The number of anilines is 1. The van der Waals surface area contributed by atoms with Crippen LogP contribution in [0.5, 0.6) is 0 Å². The number of hydrogen-bond acceptors (Lipinski definition) is 4. The fourth-order valence-corrected chi connectivity index (χ4v) is 2.34. The minimum absolute atomic E-state index is 0.213. The predicted octanol–water partition coefficient (Wildman–Crippen LogP) is 2.77. The smallest absolute Gasteiger partial charge is 0.339 e. The van der Waals surface area contributed by atoms with Crippen LogP contribution >= 0.6 is 0 Å². The summed E-state index contributed by atoms with van der Waals surface area (Å²) in [7, 11) is 1.29. The summed E-state index contributed by atoms with van der Waals surface area (Å²) in [5.41, 5.74) is 1.38. The minimum atomic E-state index is -0.501. The summed E-state index contributed by atoms with van der Waals surface area (Å²) in [5, 5.41) is 5.81. The molecule has 132 valence electrons. The molecule has 0 aromatic heterocycles. The molecular weight excluding hydrogens is 323 g/mol. The Hall–Kier alpha value is -2.73. The van der Waals surface area contributed by atoms with Crippen molar-refractivity contribution in [2.75, 3.05) is 25.5 Å². The number of amides is 1. The lowest BCUT2D eigenvalue weighted by atomic mass is 10.1. The number of carbonyl (C=O) groups is 2. The first-order valence-corrected chi connectivity index (χ1v) is 8.03. The second kappa shape index (κ2) is 9.54. The van der Waals surface area contributed by atoms with E-state index in [9.17, 15) is 14.0 Å². The van der Waals surface area contributed by atoms with Crippen LogP contribution in [0.25, 0.3) is 0 Å². The quantitative estimate of drug-likeness (QED) is 0.571. The Morgan fingerprint density at radius 1 is 1.04 bits per heavy atom. The first-order valence-electron chi connectivity index (χ1n) is 8.03. The number of ether oxygens (including phenoxy) is 1. The zero-order chi connectivity index (χ0) is 18.1. The van der Waals surface area contributed by atoms with Crippen molar-refractivity contribution in [3.63, 3.8) is 0 Å². The average molecular weight is 344 g/mol. The highest BCUT2D eigenvalue weighted by molar-refractivity contribution is 6.01. The fourth-order valence-electron chi connectivity index (χ4n) is 2.34. The lowest BCUT2D eigenvalue weighted by Gasteiger charge is -2.10. The highest BCUT2D eigenvalue weighted by Crippen LogP contribution is 2.16. The molecule has 6 heteroatoms. The van der Waals surface area contributed by atoms with Crippen LogP contribution in [0.2, 0.25) is 0 Å². The Labute approximate surface area is 146 Å². The lowest BCUT2D eigenvalue weighted by molar-refractivity contribution is -0.116. The molecular formula is C19H21FN2O3. The van der Waals surface area contributed by atoms with Crippen LogP contribution in [-0.4, -0.2) is 32.1 Å². The third kappa shape index (κ3) is 5.69. The van der Waals surface area contributed by atoms with Gasteiger partial charge in [-0.3, -0.25) is 4.79 Å². The molecule has 0 bridgehead atoms. The molecule has 0 saturated heterocycles. The van der Waals surface area contributed by atoms with Gasteiger partial charge in [0.25, 0.3) is 0 Å². The number of hydrogen-bond donors (Lipinski definition) is 2. The van der Waals surface area contributed by atoms with Gasteiger partial charge in [-0.2, -0.15) is 0 Å². The van der Waals surface area contributed by atoms with E-state index >= 15 is 0 Å². The molecule has 0 unspecified atom stereocenters. The van der Waals surface area contributed by atoms with Gasteiger partial charge in [0, 0.05) is 13.0 Å². The molecule has 0 aliphatic rings. The third-order valence-electron chi connectivity index (χ3n) is 3.66. The van der Waals surface area contributed by atoms with E-state index in [0.29, 0.717) is 36.3 Å². The third-order valence-corrected chi connectivity index (χ3v) is 3.66. The molecule has 1 amide bonds. The molecule has 2 N–H and O–H groups in total. The normalized spacial score (nSPS) is 10.3. The van der Waals surface area contributed by atoms with Crippen molar-refractivity contribution in [1.82, 2.24) is 5.32 Å². The summed E-state index contributed by atoms with van der Waals surface area (Å²) >= 11 is 0. The Kier molecular flexibility index (Phi) is 7.10. The second-order valence-corrected chi connectivity index (χ2v) is 5.43. The van der Waals surface area contributed by atoms with Crippen molar-refractivity contribution >= 4 is 17.6 Å². The van der Waals surface area contributed by atoms with Crippen molar-refractivity contribution in [2.45, 2.75) is 12.8 Å². The fraction of sp³-hybridized carbons (Fsp3) is 0.263. The van der Waals surface area contributed by atoms with Crippen molar-refractivity contribution < 1.29 is 18.7 Å². The molecule has 2 aromatic carbocycles. The molecule has 0 aliphatic heterocycles. The molecule has 2 rings (SSSR count). The highest BCUT2D eigenvalue weighted by Gasteiger charge is 2.12. The predicted molar refractivity (Wildman–Crippen MR) is 94.0 cm³/mol. The number of benzene rings is 2. The van der Waals surface area contributed by atoms with Crippen LogP contribution in [0.15, 0.2) is 48.5 Å². The summed E-state index contributed by atoms with van der Waals surface area (Å²) in [5.74, 6) is -0.935. The van der Waals surface area contributed by atoms with Crippen molar-refractivity contribution in [2.24, 2.45) is 0 Å². The molecule has 0 aliphatic carbocycles. The molecule has 0 atom stereocenters. The molecule has 0 saturated carbocycles. The maximum atomic E-state index is 13.5. The van der Waals surface area contributed by atoms with Crippen LogP contribution in [0.3, 0.4) is 0 Å². The molecule has 2 aromatic rings. The summed E-state index contributed by atoms with van der Waals surface area (Å²) < 4.78 is 18.2. The SMILES string of the molecule is COC(=O)c1ccccc1NC(=O)CCNCCc1ccccc1F. The van der Waals surface area contributed by atoms with Gasteiger partial charge in [0.05, 0.1) is 18.4 Å². The first kappa shape index (κ1) is 18.6. The van der Waals surface area contributed by atoms with E-state index in [0.717, 1.165) is 0 Å². The molecule has 0 radical (unpaired) electrons. The van der Waals surface area contributed by atoms with Crippen molar-refractivity contribution in [3.8, 4) is 0 Å². The Balaban J connectivity index is 1.75. The van der Waals surface area contributed by atoms with Gasteiger partial charge < -0.3 is 15.4 Å². The number of halogens is 1. The van der Waals surface area contributed by atoms with Gasteiger partial charge >= 0.3 is 5.97 Å². The summed E-state index contributed by atoms with van der Waals surface area (Å²) in [6.45, 7) is 1.04. The van der Waals surface area contributed by atoms with Crippen molar-refractivity contribution in [3.05, 3.63) is 65.5 Å². The number of esters is 1. The summed E-state index contributed by atoms with van der Waals surface area (Å²) in [6, 6.07) is 13.3. The van der Waals surface area contributed by atoms with Crippen LogP contribution < -0.4 is 10.6 Å². The molecule has 0 spiro atoms. The number of nitrogens with one attached hydrogen (secondary N) is 2. The van der Waals surface area contributed by atoms with E-state index < -0.39 is 5.97 Å². The van der Waals surface area contributed by atoms with Gasteiger partial charge in [-0.25, -0.2) is 9.18 Å². The molecule has 25 heavy (non-hydrogen) atoms. The first-order chi connectivity index (χ1) is 12.1. The van der Waals surface area contributed by atoms with E-state index in [4.69, 9.17) is 4.74 Å². The number of para-hydroxylation sites is 1. The summed E-state index contributed by atoms with van der Waals surface area (Å²) in [6.07, 6.45) is 0.798. The minimum Gasteiger partial charge on any atom is -0.465 e. The van der Waals surface area contributed by atoms with E-state index in [-0.39, 0.29) is 18.1 Å². The zero-order valence-corrected chi connectivity index (χ0v) is 14.0. The van der Waals surface area contributed by atoms with Gasteiger partial charge in [0.1, 0.15) is 5.82 Å². The van der Waals surface area contributed by atoms with Crippen LogP contribution in [-0.2, 0) is 16.0 Å². The van der Waals surface area contributed by atoms with Gasteiger partial charge in [-0.15, -0.1) is 0 Å². The van der Waals surface area contributed by atoms with Gasteiger partial charge in [-0.05, 0) is 36.7 Å². The van der Waals surface area contributed by atoms with Gasteiger partial charge in [0.2, 0.25) is 5.91 Å². The lowest BCUT2D eigenvalue weighted by Crippen LogP contribution is -2.24. The monoisotopic (exact) mass is 344 g/mol. The number of rotatable bonds is 8. The van der Waals surface area contributed by atoms with E-state index in [1.807, 2.05) is 0 Å². The van der Waals surface area contributed by atoms with Crippen LogP contribution in [0.1, 0.15) is 22.3 Å². The molecule has 5 nitrogen and oxygen atoms in total. The zero-order valence-electron chi connectivity index (χ0n) is 14.0. The van der Waals surface area contributed by atoms with Crippen LogP contribution in [0.4, 0.5) is 10.1 Å². The van der Waals surface area contributed by atoms with Crippen LogP contribution in [0, 0.1) is 5.82 Å². The Morgan fingerprint density at radius 3 is 2.52 bits per heavy atom. The van der Waals surface area contributed by atoms with Gasteiger partial charge in [-0.1, -0.05) is 30.3 Å². The van der Waals surface area contributed by atoms with Crippen molar-refractivity contribution in [1.29, 1.82) is 0 Å².